The Morgan fingerprint density at radius 1 is 1.33 bits per heavy atom. The van der Waals surface area contributed by atoms with E-state index >= 15 is 0 Å². The van der Waals surface area contributed by atoms with Crippen molar-refractivity contribution in [1.82, 2.24) is 4.98 Å². The van der Waals surface area contributed by atoms with Crippen LogP contribution in [0.3, 0.4) is 0 Å². The molecule has 130 valence electrons. The molecule has 1 amide bonds. The number of hydrogen-bond donors (Lipinski definition) is 1. The number of aryl methyl sites for hydroxylation is 1. The summed E-state index contributed by atoms with van der Waals surface area (Å²) in [4.78, 5) is 59.8. The van der Waals surface area contributed by atoms with Crippen LogP contribution >= 0.6 is 11.3 Å². The van der Waals surface area contributed by atoms with Crippen LogP contribution in [0.5, 0.6) is 0 Å². The molecular formula is C14H16N2O7S. The molecule has 1 aliphatic carbocycles. The zero-order valence-corrected chi connectivity index (χ0v) is 14.1. The number of thiazole rings is 1. The van der Waals surface area contributed by atoms with Crippen molar-refractivity contribution in [2.24, 2.45) is 0 Å². The van der Waals surface area contributed by atoms with Crippen molar-refractivity contribution in [2.45, 2.75) is 45.8 Å². The van der Waals surface area contributed by atoms with Crippen molar-refractivity contribution >= 4 is 40.1 Å². The van der Waals surface area contributed by atoms with Gasteiger partial charge in [0.2, 0.25) is 11.7 Å². The number of ketones is 1. The number of esters is 1. The van der Waals surface area contributed by atoms with Gasteiger partial charge in [0, 0.05) is 13.8 Å². The SMILES string of the molecule is CC(=O)Nc1nc2c(s1)C(=O)C(OOC(=O)C(C)OC(C)=O)CC2. The van der Waals surface area contributed by atoms with Crippen LogP contribution in [0.2, 0.25) is 0 Å². The third kappa shape index (κ3) is 4.36. The Morgan fingerprint density at radius 3 is 2.67 bits per heavy atom. The molecule has 10 heteroatoms. The molecule has 1 heterocycles. The van der Waals surface area contributed by atoms with Gasteiger partial charge in [-0.05, 0) is 19.8 Å². The molecule has 2 rings (SSSR count). The predicted octanol–water partition coefficient (Wildman–Crippen LogP) is 1.03. The summed E-state index contributed by atoms with van der Waals surface area (Å²) in [5, 5.41) is 2.86. The van der Waals surface area contributed by atoms with Crippen LogP contribution in [0.15, 0.2) is 0 Å². The van der Waals surface area contributed by atoms with Gasteiger partial charge < -0.3 is 10.1 Å². The van der Waals surface area contributed by atoms with Gasteiger partial charge in [0.05, 0.1) is 10.6 Å². The standard InChI is InChI=1S/C14H16N2O7S/c1-6(21-8(3)18)13(20)23-22-10-5-4-9-12(11(10)19)24-14(16-9)15-7(2)17/h6,10H,4-5H2,1-3H3,(H,15,16,17). The Balaban J connectivity index is 1.96. The summed E-state index contributed by atoms with van der Waals surface area (Å²) in [6.07, 6.45) is -1.37. The quantitative estimate of drug-likeness (QED) is 0.472. The summed E-state index contributed by atoms with van der Waals surface area (Å²) in [5.41, 5.74) is 0.577. The molecule has 1 aromatic rings. The molecule has 0 radical (unpaired) electrons. The highest BCUT2D eigenvalue weighted by Crippen LogP contribution is 2.31. The highest BCUT2D eigenvalue weighted by Gasteiger charge is 2.34. The normalized spacial score (nSPS) is 17.6. The molecule has 0 aromatic carbocycles. The first-order valence-electron chi connectivity index (χ1n) is 7.13. The summed E-state index contributed by atoms with van der Waals surface area (Å²) in [5.74, 6) is -2.20. The molecule has 0 fully saturated rings. The number of hydrogen-bond acceptors (Lipinski definition) is 9. The van der Waals surface area contributed by atoms with Crippen LogP contribution in [0, 0.1) is 0 Å². The Labute approximate surface area is 141 Å². The number of aromatic nitrogens is 1. The number of Topliss-reactive ketones (excluding diaryl/α,β-unsaturated/α-hetero) is 1. The topological polar surface area (TPSA) is 121 Å². The van der Waals surface area contributed by atoms with E-state index < -0.39 is 24.1 Å². The lowest BCUT2D eigenvalue weighted by molar-refractivity contribution is -0.293. The van der Waals surface area contributed by atoms with E-state index in [1.54, 1.807) is 0 Å². The van der Waals surface area contributed by atoms with E-state index in [0.29, 0.717) is 22.1 Å². The number of anilines is 1. The van der Waals surface area contributed by atoms with E-state index in [4.69, 9.17) is 4.89 Å². The first kappa shape index (κ1) is 18.0. The summed E-state index contributed by atoms with van der Waals surface area (Å²) in [7, 11) is 0. The number of nitrogens with one attached hydrogen (secondary N) is 1. The largest absolute Gasteiger partial charge is 0.451 e. The van der Waals surface area contributed by atoms with Gasteiger partial charge in [-0.25, -0.2) is 9.78 Å². The van der Waals surface area contributed by atoms with Crippen LogP contribution < -0.4 is 5.32 Å². The fourth-order valence-electron chi connectivity index (χ4n) is 2.02. The van der Waals surface area contributed by atoms with E-state index in [1.165, 1.54) is 13.8 Å². The van der Waals surface area contributed by atoms with Crippen LogP contribution in [0.25, 0.3) is 0 Å². The predicted molar refractivity (Wildman–Crippen MR) is 81.3 cm³/mol. The fourth-order valence-corrected chi connectivity index (χ4v) is 3.07. The number of carbonyl (C=O) groups excluding carboxylic acids is 4. The molecule has 0 spiro atoms. The molecule has 0 saturated carbocycles. The summed E-state index contributed by atoms with van der Waals surface area (Å²) < 4.78 is 4.65. The van der Waals surface area contributed by atoms with Gasteiger partial charge in [-0.2, -0.15) is 4.89 Å². The maximum atomic E-state index is 12.3. The maximum absolute atomic E-state index is 12.3. The van der Waals surface area contributed by atoms with Gasteiger partial charge in [0.15, 0.2) is 17.3 Å². The molecule has 2 unspecified atom stereocenters. The second-order valence-corrected chi connectivity index (χ2v) is 6.12. The first-order chi connectivity index (χ1) is 11.3. The molecular weight excluding hydrogens is 340 g/mol. The van der Waals surface area contributed by atoms with Crippen LogP contribution in [-0.4, -0.2) is 40.8 Å². The van der Waals surface area contributed by atoms with Gasteiger partial charge in [0.1, 0.15) is 0 Å². The van der Waals surface area contributed by atoms with E-state index in [9.17, 15) is 19.2 Å². The number of carbonyl (C=O) groups is 4. The average Bonchev–Trinajstić information content (AvgIpc) is 2.88. The zero-order chi connectivity index (χ0) is 17.9. The summed E-state index contributed by atoms with van der Waals surface area (Å²) in [6.45, 7) is 3.84. The molecule has 0 bridgehead atoms. The van der Waals surface area contributed by atoms with Gasteiger partial charge >= 0.3 is 11.9 Å². The highest BCUT2D eigenvalue weighted by molar-refractivity contribution is 7.17. The van der Waals surface area contributed by atoms with Crippen molar-refractivity contribution in [3.05, 3.63) is 10.6 Å². The van der Waals surface area contributed by atoms with Crippen molar-refractivity contribution < 1.29 is 33.7 Å². The van der Waals surface area contributed by atoms with Crippen LogP contribution in [0.4, 0.5) is 5.13 Å². The van der Waals surface area contributed by atoms with E-state index in [2.05, 4.69) is 19.9 Å². The van der Waals surface area contributed by atoms with Crippen LogP contribution in [-0.2, 0) is 35.3 Å². The average molecular weight is 356 g/mol. The number of fused-ring (bicyclic) bond motifs is 1. The minimum absolute atomic E-state index is 0.282. The zero-order valence-electron chi connectivity index (χ0n) is 13.3. The lowest BCUT2D eigenvalue weighted by Gasteiger charge is -2.19. The first-order valence-corrected chi connectivity index (χ1v) is 7.95. The second-order valence-electron chi connectivity index (χ2n) is 5.12. The minimum atomic E-state index is -1.13. The fraction of sp³-hybridized carbons (Fsp3) is 0.500. The molecule has 1 aliphatic rings. The minimum Gasteiger partial charge on any atom is -0.451 e. The smallest absolute Gasteiger partial charge is 0.382 e. The Morgan fingerprint density at radius 2 is 2.04 bits per heavy atom. The van der Waals surface area contributed by atoms with E-state index in [0.717, 1.165) is 18.3 Å². The molecule has 9 nitrogen and oxygen atoms in total. The Bertz CT molecular complexity index is 685. The third-order valence-electron chi connectivity index (χ3n) is 3.06. The van der Waals surface area contributed by atoms with Gasteiger partial charge in [-0.15, -0.1) is 0 Å². The molecule has 2 atom stereocenters. The van der Waals surface area contributed by atoms with Gasteiger partial charge in [-0.3, -0.25) is 19.3 Å². The van der Waals surface area contributed by atoms with Gasteiger partial charge in [-0.1, -0.05) is 11.3 Å². The Kier molecular flexibility index (Phi) is 5.62. The molecule has 0 aliphatic heterocycles. The Hall–Kier alpha value is -2.33. The third-order valence-corrected chi connectivity index (χ3v) is 4.09. The van der Waals surface area contributed by atoms with Crippen molar-refractivity contribution in [1.29, 1.82) is 0 Å². The number of ether oxygens (including phenoxy) is 1. The van der Waals surface area contributed by atoms with E-state index in [1.807, 2.05) is 0 Å². The van der Waals surface area contributed by atoms with Crippen molar-refractivity contribution in [2.75, 3.05) is 5.32 Å². The monoisotopic (exact) mass is 356 g/mol. The summed E-state index contributed by atoms with van der Waals surface area (Å²) >= 11 is 1.04. The van der Waals surface area contributed by atoms with Crippen molar-refractivity contribution in [3.8, 4) is 0 Å². The van der Waals surface area contributed by atoms with Gasteiger partial charge in [0.25, 0.3) is 0 Å². The highest BCUT2D eigenvalue weighted by atomic mass is 32.1. The number of nitrogens with zero attached hydrogens (tertiary/aromatic N) is 1. The molecule has 0 saturated heterocycles. The molecule has 1 aromatic heterocycles. The lowest BCUT2D eigenvalue weighted by atomic mass is 9.99. The lowest BCUT2D eigenvalue weighted by Crippen LogP contribution is -2.33. The number of rotatable bonds is 5. The number of amides is 1. The van der Waals surface area contributed by atoms with Crippen LogP contribution in [0.1, 0.15) is 42.6 Å². The second kappa shape index (κ2) is 7.49. The molecule has 1 N–H and O–H groups in total. The molecule has 24 heavy (non-hydrogen) atoms. The van der Waals surface area contributed by atoms with Crippen molar-refractivity contribution in [3.63, 3.8) is 0 Å². The van der Waals surface area contributed by atoms with E-state index in [-0.39, 0.29) is 18.1 Å². The maximum Gasteiger partial charge on any atom is 0.382 e. The summed E-state index contributed by atoms with van der Waals surface area (Å²) in [6, 6.07) is 0.